The lowest BCUT2D eigenvalue weighted by Gasteiger charge is -2.53. The Morgan fingerprint density at radius 2 is 1.36 bits per heavy atom. The summed E-state index contributed by atoms with van der Waals surface area (Å²) in [6.45, 7) is 2.05. The molecule has 0 radical (unpaired) electrons. The number of fused-ring (bicyclic) bond motifs is 3. The molecule has 22 heavy (non-hydrogen) atoms. The molecule has 3 heteroatoms. The Kier molecular flexibility index (Phi) is 3.56. The lowest BCUT2D eigenvalue weighted by Crippen LogP contribution is -2.56. The van der Waals surface area contributed by atoms with Crippen molar-refractivity contribution in [3.8, 4) is 0 Å². The van der Waals surface area contributed by atoms with E-state index in [1.165, 1.54) is 38.5 Å². The van der Waals surface area contributed by atoms with Gasteiger partial charge in [-0.05, 0) is 69.6 Å². The van der Waals surface area contributed by atoms with Crippen LogP contribution in [0.1, 0.15) is 77.0 Å². The van der Waals surface area contributed by atoms with Crippen LogP contribution in [0, 0.1) is 10.8 Å². The molecule has 0 unspecified atom stereocenters. The Bertz CT molecular complexity index is 418. The van der Waals surface area contributed by atoms with E-state index in [0.29, 0.717) is 11.3 Å². The first-order chi connectivity index (χ1) is 10.6. The highest BCUT2D eigenvalue weighted by Crippen LogP contribution is 2.55. The summed E-state index contributed by atoms with van der Waals surface area (Å²) in [4.78, 5) is 15.4. The molecule has 3 nitrogen and oxygen atoms in total. The maximum atomic E-state index is 13.2. The van der Waals surface area contributed by atoms with Crippen molar-refractivity contribution in [1.29, 1.82) is 0 Å². The van der Waals surface area contributed by atoms with Crippen molar-refractivity contribution in [3.05, 3.63) is 0 Å². The molecular weight excluding hydrogens is 274 g/mol. The minimum Gasteiger partial charge on any atom is -0.378 e. The third-order valence-electron chi connectivity index (χ3n) is 7.84. The maximum absolute atomic E-state index is 13.2. The van der Waals surface area contributed by atoms with Crippen LogP contribution in [0.4, 0.5) is 0 Å². The summed E-state index contributed by atoms with van der Waals surface area (Å²) in [7, 11) is 1.85. The van der Waals surface area contributed by atoms with Gasteiger partial charge in [-0.3, -0.25) is 4.79 Å². The molecule has 0 aromatic heterocycles. The molecule has 1 amide bonds. The smallest absolute Gasteiger partial charge is 0.228 e. The van der Waals surface area contributed by atoms with Crippen LogP contribution in [0.25, 0.3) is 0 Å². The van der Waals surface area contributed by atoms with E-state index in [2.05, 4.69) is 4.90 Å². The number of likely N-dealkylation sites (tertiary alicyclic amines) is 1. The van der Waals surface area contributed by atoms with E-state index < -0.39 is 0 Å². The summed E-state index contributed by atoms with van der Waals surface area (Å²) >= 11 is 0. The van der Waals surface area contributed by atoms with Crippen LogP contribution >= 0.6 is 0 Å². The molecule has 0 N–H and O–H groups in total. The zero-order chi connectivity index (χ0) is 15.3. The first kappa shape index (κ1) is 15.0. The van der Waals surface area contributed by atoms with Gasteiger partial charge in [-0.1, -0.05) is 12.8 Å². The highest BCUT2D eigenvalue weighted by Gasteiger charge is 2.54. The molecule has 2 bridgehead atoms. The van der Waals surface area contributed by atoms with E-state index in [0.717, 1.165) is 51.6 Å². The number of carbonyl (C=O) groups is 1. The fraction of sp³-hybridized carbons (Fsp3) is 0.947. The van der Waals surface area contributed by atoms with Gasteiger partial charge < -0.3 is 9.64 Å². The van der Waals surface area contributed by atoms with Crippen LogP contribution in [-0.2, 0) is 9.53 Å². The van der Waals surface area contributed by atoms with Crippen molar-refractivity contribution in [3.63, 3.8) is 0 Å². The average Bonchev–Trinajstić information content (AvgIpc) is 3.05. The van der Waals surface area contributed by atoms with Crippen LogP contribution in [0.3, 0.4) is 0 Å². The average molecular weight is 305 g/mol. The number of carbonyl (C=O) groups excluding carboxylic acids is 1. The SMILES string of the molecule is COC12CCC(C(=O)N3CCC4(CCCC4)CC3)(CC1)CC2. The largest absolute Gasteiger partial charge is 0.378 e. The van der Waals surface area contributed by atoms with Crippen LogP contribution in [0.5, 0.6) is 0 Å². The fourth-order valence-electron chi connectivity index (χ4n) is 5.92. The number of nitrogens with zero attached hydrogens (tertiary/aromatic N) is 1. The van der Waals surface area contributed by atoms with Gasteiger partial charge in [-0.25, -0.2) is 0 Å². The second-order valence-electron chi connectivity index (χ2n) is 8.67. The number of methoxy groups -OCH3 is 1. The Labute approximate surface area is 134 Å². The summed E-state index contributed by atoms with van der Waals surface area (Å²) in [5.74, 6) is 0.491. The minimum atomic E-state index is -0.0273. The van der Waals surface area contributed by atoms with Crippen molar-refractivity contribution in [2.45, 2.75) is 82.7 Å². The van der Waals surface area contributed by atoms with Crippen molar-refractivity contribution in [2.24, 2.45) is 10.8 Å². The molecule has 5 aliphatic rings. The van der Waals surface area contributed by atoms with Crippen molar-refractivity contribution in [1.82, 2.24) is 4.90 Å². The van der Waals surface area contributed by atoms with Crippen LogP contribution in [0.2, 0.25) is 0 Å². The third-order valence-corrected chi connectivity index (χ3v) is 7.84. The summed E-state index contributed by atoms with van der Waals surface area (Å²) < 4.78 is 5.77. The molecule has 1 aliphatic heterocycles. The minimum absolute atomic E-state index is 0.0273. The quantitative estimate of drug-likeness (QED) is 0.774. The standard InChI is InChI=1S/C19H31NO2/c1-22-19-9-6-18(7-10-19,8-11-19)16(21)20-14-12-17(13-15-20)4-2-3-5-17/h2-15H2,1H3. The van der Waals surface area contributed by atoms with Gasteiger partial charge in [-0.2, -0.15) is 0 Å². The topological polar surface area (TPSA) is 29.5 Å². The van der Waals surface area contributed by atoms with E-state index in [1.54, 1.807) is 0 Å². The van der Waals surface area contributed by atoms with Gasteiger partial charge in [0.1, 0.15) is 0 Å². The van der Waals surface area contributed by atoms with Crippen LogP contribution < -0.4 is 0 Å². The number of hydrogen-bond acceptors (Lipinski definition) is 2. The normalized spacial score (nSPS) is 40.3. The summed E-state index contributed by atoms with van der Waals surface area (Å²) in [6, 6.07) is 0. The van der Waals surface area contributed by atoms with E-state index in [4.69, 9.17) is 4.74 Å². The zero-order valence-electron chi connectivity index (χ0n) is 14.2. The highest BCUT2D eigenvalue weighted by molar-refractivity contribution is 5.83. The Balaban J connectivity index is 1.41. The van der Waals surface area contributed by atoms with E-state index in [9.17, 15) is 4.79 Å². The number of amides is 1. The van der Waals surface area contributed by atoms with E-state index >= 15 is 0 Å². The van der Waals surface area contributed by atoms with Gasteiger partial charge >= 0.3 is 0 Å². The number of rotatable bonds is 2. The zero-order valence-corrected chi connectivity index (χ0v) is 14.2. The molecule has 1 saturated heterocycles. The second-order valence-corrected chi connectivity index (χ2v) is 8.67. The van der Waals surface area contributed by atoms with Gasteiger partial charge in [-0.15, -0.1) is 0 Å². The molecule has 124 valence electrons. The van der Waals surface area contributed by atoms with Gasteiger partial charge in [0.2, 0.25) is 5.91 Å². The molecule has 4 aliphatic carbocycles. The third kappa shape index (κ3) is 2.23. The first-order valence-electron chi connectivity index (χ1n) is 9.46. The predicted octanol–water partition coefficient (Wildman–Crippen LogP) is 3.91. The van der Waals surface area contributed by atoms with Crippen LogP contribution in [0.15, 0.2) is 0 Å². The molecule has 4 saturated carbocycles. The molecule has 1 heterocycles. The van der Waals surface area contributed by atoms with E-state index in [-0.39, 0.29) is 11.0 Å². The molecule has 5 rings (SSSR count). The molecule has 0 atom stereocenters. The fourth-order valence-corrected chi connectivity index (χ4v) is 5.92. The van der Waals surface area contributed by atoms with Gasteiger partial charge in [0, 0.05) is 25.6 Å². The Hall–Kier alpha value is -0.570. The summed E-state index contributed by atoms with van der Waals surface area (Å²) in [6.07, 6.45) is 14.6. The van der Waals surface area contributed by atoms with Gasteiger partial charge in [0.25, 0.3) is 0 Å². The number of ether oxygens (including phenoxy) is 1. The molecule has 0 aromatic carbocycles. The molecule has 0 aromatic rings. The van der Waals surface area contributed by atoms with E-state index in [1.807, 2.05) is 7.11 Å². The molecule has 5 fully saturated rings. The van der Waals surface area contributed by atoms with Gasteiger partial charge in [0.15, 0.2) is 0 Å². The number of piperidine rings is 1. The van der Waals surface area contributed by atoms with Crippen molar-refractivity contribution < 1.29 is 9.53 Å². The maximum Gasteiger partial charge on any atom is 0.228 e. The summed E-state index contributed by atoms with van der Waals surface area (Å²) in [5.41, 5.74) is 0.692. The lowest BCUT2D eigenvalue weighted by atomic mass is 9.58. The number of hydrogen-bond donors (Lipinski definition) is 0. The summed E-state index contributed by atoms with van der Waals surface area (Å²) in [5, 5.41) is 0. The second kappa shape index (κ2) is 5.22. The van der Waals surface area contributed by atoms with Crippen molar-refractivity contribution in [2.75, 3.05) is 20.2 Å². The van der Waals surface area contributed by atoms with Gasteiger partial charge in [0.05, 0.1) is 5.60 Å². The Morgan fingerprint density at radius 1 is 0.818 bits per heavy atom. The first-order valence-corrected chi connectivity index (χ1v) is 9.46. The molecular formula is C19H31NO2. The Morgan fingerprint density at radius 3 is 1.86 bits per heavy atom. The predicted molar refractivity (Wildman–Crippen MR) is 86.6 cm³/mol. The van der Waals surface area contributed by atoms with Crippen molar-refractivity contribution >= 4 is 5.91 Å². The molecule has 1 spiro atoms. The highest BCUT2D eigenvalue weighted by atomic mass is 16.5. The monoisotopic (exact) mass is 305 g/mol. The lowest BCUT2D eigenvalue weighted by molar-refractivity contribution is -0.164. The van der Waals surface area contributed by atoms with Crippen LogP contribution in [-0.4, -0.2) is 36.6 Å².